The Morgan fingerprint density at radius 3 is 2.33 bits per heavy atom. The average Bonchev–Trinajstić information content (AvgIpc) is 1.62. The molecule has 0 unspecified atom stereocenters. The van der Waals surface area contributed by atoms with Gasteiger partial charge in [0.15, 0.2) is 0 Å². The van der Waals surface area contributed by atoms with E-state index in [2.05, 4.69) is 6.08 Å². The second-order valence-electron chi connectivity index (χ2n) is 1.46. The zero-order valence-corrected chi connectivity index (χ0v) is 6.60. The summed E-state index contributed by atoms with van der Waals surface area (Å²) in [5.41, 5.74) is 0. The van der Waals surface area contributed by atoms with E-state index in [0.717, 1.165) is 0 Å². The molecule has 0 aromatic heterocycles. The molecule has 1 aliphatic rings. The minimum atomic E-state index is 0. The van der Waals surface area contributed by atoms with E-state index in [1.165, 1.54) is 0 Å². The van der Waals surface area contributed by atoms with Gasteiger partial charge in [-0.05, 0) is 0 Å². The van der Waals surface area contributed by atoms with E-state index in [9.17, 15) is 0 Å². The monoisotopic (exact) mass is 151 g/mol. The predicted molar refractivity (Wildman–Crippen MR) is 35.2 cm³/mol. The molecule has 0 atom stereocenters. The maximum absolute atomic E-state index is 2.94. The van der Waals surface area contributed by atoms with E-state index >= 15 is 0 Å². The van der Waals surface area contributed by atoms with E-state index in [1.807, 2.05) is 42.5 Å². The Morgan fingerprint density at radius 2 is 1.44 bits per heavy atom. The topological polar surface area (TPSA) is 0 Å². The molecule has 1 heteroatoms. The van der Waals surface area contributed by atoms with E-state index in [4.69, 9.17) is 0 Å². The molecule has 0 radical (unpaired) electrons. The zero-order chi connectivity index (χ0) is 5.66. The molecule has 0 amide bonds. The number of rotatable bonds is 0. The van der Waals surface area contributed by atoms with E-state index in [1.54, 1.807) is 0 Å². The fraction of sp³-hybridized carbons (Fsp3) is 0. The average molecular weight is 151 g/mol. The molecule has 1 aliphatic carbocycles. The number of allylic oxidation sites excluding steroid dienone is 8. The molecule has 0 saturated heterocycles. The van der Waals surface area contributed by atoms with E-state index in [0.29, 0.717) is 0 Å². The quantitative estimate of drug-likeness (QED) is 0.367. The molecule has 1 rings (SSSR count). The molecule has 0 heterocycles. The van der Waals surface area contributed by atoms with Gasteiger partial charge in [-0.3, -0.25) is 0 Å². The molecule has 0 saturated carbocycles. The van der Waals surface area contributed by atoms with Crippen molar-refractivity contribution in [2.45, 2.75) is 0 Å². The van der Waals surface area contributed by atoms with Crippen LogP contribution in [0.25, 0.3) is 0 Å². The van der Waals surface area contributed by atoms with Gasteiger partial charge in [-0.1, -0.05) is 6.08 Å². The molecular weight excluding hydrogens is 144 g/mol. The van der Waals surface area contributed by atoms with Crippen molar-refractivity contribution in [3.8, 4) is 0 Å². The summed E-state index contributed by atoms with van der Waals surface area (Å²) in [7, 11) is 0. The molecule has 0 N–H and O–H groups in total. The first-order valence-electron chi connectivity index (χ1n) is 2.58. The van der Waals surface area contributed by atoms with Crippen molar-refractivity contribution in [3.05, 3.63) is 48.6 Å². The van der Waals surface area contributed by atoms with Crippen LogP contribution in [0.5, 0.6) is 0 Å². The SMILES string of the molecule is [C-]1=CC=CC=CC=C1.[Ti]. The summed E-state index contributed by atoms with van der Waals surface area (Å²) < 4.78 is 0. The van der Waals surface area contributed by atoms with Crippen LogP contribution in [0.2, 0.25) is 0 Å². The standard InChI is InChI=1S/C8H7.Ti/c1-2-4-6-8-7-5-3-1;/h1-7H;/q-1;. The largest absolute Gasteiger partial charge is 0.184 e. The van der Waals surface area contributed by atoms with Crippen LogP contribution in [-0.4, -0.2) is 0 Å². The van der Waals surface area contributed by atoms with Crippen molar-refractivity contribution >= 4 is 0 Å². The fourth-order valence-corrected chi connectivity index (χ4v) is 0.470. The molecule has 44 valence electrons. The molecular formula is C8H7Ti-. The predicted octanol–water partition coefficient (Wildman–Crippen LogP) is 2.03. The van der Waals surface area contributed by atoms with Crippen molar-refractivity contribution in [2.24, 2.45) is 0 Å². The molecule has 9 heavy (non-hydrogen) atoms. The smallest absolute Gasteiger partial charge is 0 e. The second kappa shape index (κ2) is 5.80. The van der Waals surface area contributed by atoms with Crippen molar-refractivity contribution in [1.82, 2.24) is 0 Å². The van der Waals surface area contributed by atoms with Crippen LogP contribution in [0.1, 0.15) is 0 Å². The maximum Gasteiger partial charge on any atom is 0 e. The molecule has 0 spiro atoms. The van der Waals surface area contributed by atoms with Crippen molar-refractivity contribution in [1.29, 1.82) is 0 Å². The molecule has 0 nitrogen and oxygen atoms in total. The third-order valence-electron chi connectivity index (χ3n) is 0.829. The van der Waals surface area contributed by atoms with Crippen LogP contribution in [0.15, 0.2) is 42.5 Å². The summed E-state index contributed by atoms with van der Waals surface area (Å²) in [6.45, 7) is 0. The Hall–Kier alpha value is -0.326. The number of hydrogen-bond acceptors (Lipinski definition) is 0. The Morgan fingerprint density at radius 1 is 0.778 bits per heavy atom. The summed E-state index contributed by atoms with van der Waals surface area (Å²) in [5, 5.41) is 0. The van der Waals surface area contributed by atoms with Gasteiger partial charge in [-0.2, -0.15) is 30.4 Å². The van der Waals surface area contributed by atoms with Crippen LogP contribution >= 0.6 is 0 Å². The Balaban J connectivity index is 0.000000640. The van der Waals surface area contributed by atoms with Crippen LogP contribution in [-0.2, 0) is 21.7 Å². The van der Waals surface area contributed by atoms with Crippen molar-refractivity contribution < 1.29 is 21.7 Å². The van der Waals surface area contributed by atoms with E-state index in [-0.39, 0.29) is 21.7 Å². The third-order valence-corrected chi connectivity index (χ3v) is 0.829. The fourth-order valence-electron chi connectivity index (χ4n) is 0.470. The maximum atomic E-state index is 2.94. The van der Waals surface area contributed by atoms with Gasteiger partial charge in [-0.15, -0.1) is 12.2 Å². The molecule has 0 bridgehead atoms. The van der Waals surface area contributed by atoms with Gasteiger partial charge in [-0.25, -0.2) is 0 Å². The van der Waals surface area contributed by atoms with Crippen LogP contribution < -0.4 is 0 Å². The molecule has 0 aromatic carbocycles. The summed E-state index contributed by atoms with van der Waals surface area (Å²) >= 11 is 0. The van der Waals surface area contributed by atoms with Crippen molar-refractivity contribution in [2.75, 3.05) is 0 Å². The first-order valence-corrected chi connectivity index (χ1v) is 2.58. The second-order valence-corrected chi connectivity index (χ2v) is 1.46. The molecule has 0 aliphatic heterocycles. The van der Waals surface area contributed by atoms with Gasteiger partial charge in [0.05, 0.1) is 0 Å². The first-order chi connectivity index (χ1) is 4.00. The van der Waals surface area contributed by atoms with Crippen molar-refractivity contribution in [3.63, 3.8) is 0 Å². The molecule has 0 fully saturated rings. The van der Waals surface area contributed by atoms with Gasteiger partial charge in [0, 0.05) is 21.7 Å². The normalized spacial score (nSPS) is 14.2. The summed E-state index contributed by atoms with van der Waals surface area (Å²) in [6, 6.07) is 0. The molecule has 0 aromatic rings. The Labute approximate surface area is 70.5 Å². The van der Waals surface area contributed by atoms with E-state index < -0.39 is 0 Å². The first kappa shape index (κ1) is 8.67. The Bertz CT molecular complexity index is 105. The van der Waals surface area contributed by atoms with Gasteiger partial charge < -0.3 is 0 Å². The van der Waals surface area contributed by atoms with Crippen LogP contribution in [0.3, 0.4) is 0 Å². The zero-order valence-electron chi connectivity index (χ0n) is 5.04. The minimum absolute atomic E-state index is 0. The van der Waals surface area contributed by atoms with Gasteiger partial charge in [0.2, 0.25) is 0 Å². The van der Waals surface area contributed by atoms with Crippen LogP contribution in [0, 0.1) is 6.08 Å². The van der Waals surface area contributed by atoms with Gasteiger partial charge >= 0.3 is 0 Å². The number of hydrogen-bond donors (Lipinski definition) is 0. The minimum Gasteiger partial charge on any atom is -0.184 e. The third kappa shape index (κ3) is 4.20. The summed E-state index contributed by atoms with van der Waals surface area (Å²) in [6.07, 6.45) is 16.5. The van der Waals surface area contributed by atoms with Gasteiger partial charge in [0.25, 0.3) is 0 Å². The summed E-state index contributed by atoms with van der Waals surface area (Å²) in [5.74, 6) is 0. The van der Waals surface area contributed by atoms with Gasteiger partial charge in [0.1, 0.15) is 0 Å². The Kier molecular flexibility index (Phi) is 5.59. The van der Waals surface area contributed by atoms with Crippen LogP contribution in [0.4, 0.5) is 0 Å². The summed E-state index contributed by atoms with van der Waals surface area (Å²) in [4.78, 5) is 0.